The van der Waals surface area contributed by atoms with Crippen molar-refractivity contribution < 1.29 is 28.5 Å². The first-order chi connectivity index (χ1) is 14.8. The first-order valence-electron chi connectivity index (χ1n) is 10.7. The lowest BCUT2D eigenvalue weighted by molar-refractivity contribution is 0.0294. The van der Waals surface area contributed by atoms with Crippen molar-refractivity contribution in [3.05, 3.63) is 10.4 Å². The normalized spacial score (nSPS) is 25.8. The molecule has 4 unspecified atom stereocenters. The first-order valence-corrected chi connectivity index (χ1v) is 10.7. The number of nitrogens with zero attached hydrogens (tertiary/aromatic N) is 3. The molecule has 0 aromatic heterocycles. The van der Waals surface area contributed by atoms with E-state index in [1.54, 1.807) is 20.8 Å². The zero-order valence-electron chi connectivity index (χ0n) is 19.9. The third kappa shape index (κ3) is 13.2. The Labute approximate surface area is 189 Å². The zero-order chi connectivity index (χ0) is 24.4. The highest BCUT2D eigenvalue weighted by atomic mass is 16.6. The third-order valence-corrected chi connectivity index (χ3v) is 4.08. The fourth-order valence-corrected chi connectivity index (χ4v) is 2.98. The second kappa shape index (κ2) is 12.7. The largest absolute Gasteiger partial charge is 0.444 e. The van der Waals surface area contributed by atoms with Crippen LogP contribution in [0.3, 0.4) is 0 Å². The van der Waals surface area contributed by atoms with Crippen LogP contribution >= 0.6 is 0 Å². The Morgan fingerprint density at radius 3 is 1.81 bits per heavy atom. The smallest absolute Gasteiger partial charge is 0.407 e. The Kier molecular flexibility index (Phi) is 11.0. The molecule has 0 radical (unpaired) electrons. The Morgan fingerprint density at radius 1 is 0.906 bits per heavy atom. The fourth-order valence-electron chi connectivity index (χ4n) is 2.98. The van der Waals surface area contributed by atoms with Crippen LogP contribution < -0.4 is 16.4 Å². The van der Waals surface area contributed by atoms with Crippen LogP contribution in [-0.2, 0) is 18.9 Å². The van der Waals surface area contributed by atoms with Gasteiger partial charge in [-0.2, -0.15) is 0 Å². The highest BCUT2D eigenvalue weighted by Crippen LogP contribution is 2.13. The molecule has 184 valence electrons. The number of hydrogen-bond acceptors (Lipinski definition) is 8. The second-order valence-corrected chi connectivity index (χ2v) is 9.85. The van der Waals surface area contributed by atoms with Gasteiger partial charge in [0.15, 0.2) is 0 Å². The molecule has 0 bridgehead atoms. The molecular formula is C20H38N6O6. The van der Waals surface area contributed by atoms with E-state index in [4.69, 9.17) is 30.2 Å². The zero-order valence-corrected chi connectivity index (χ0v) is 19.9. The van der Waals surface area contributed by atoms with Crippen molar-refractivity contribution in [3.8, 4) is 0 Å². The number of alkyl carbamates (subject to hydrolysis) is 2. The van der Waals surface area contributed by atoms with Crippen molar-refractivity contribution in [2.45, 2.75) is 89.8 Å². The average molecular weight is 459 g/mol. The Hall–Kier alpha value is -2.27. The van der Waals surface area contributed by atoms with Crippen LogP contribution in [0, 0.1) is 0 Å². The van der Waals surface area contributed by atoms with Gasteiger partial charge in [0.05, 0.1) is 44.6 Å². The van der Waals surface area contributed by atoms with Gasteiger partial charge in [0.2, 0.25) is 0 Å². The van der Waals surface area contributed by atoms with Crippen molar-refractivity contribution in [1.82, 2.24) is 10.6 Å². The third-order valence-electron chi connectivity index (χ3n) is 4.08. The van der Waals surface area contributed by atoms with Gasteiger partial charge in [0, 0.05) is 11.0 Å². The van der Waals surface area contributed by atoms with Gasteiger partial charge in [-0.3, -0.25) is 0 Å². The topological polar surface area (TPSA) is 170 Å². The number of azide groups is 1. The number of carbonyl (C=O) groups excluding carboxylic acids is 2. The lowest BCUT2D eigenvalue weighted by Crippen LogP contribution is -2.48. The summed E-state index contributed by atoms with van der Waals surface area (Å²) in [4.78, 5) is 25.6. The Bertz CT molecular complexity index is 656. The van der Waals surface area contributed by atoms with Crippen LogP contribution in [0.15, 0.2) is 5.11 Å². The maximum absolute atomic E-state index is 11.5. The summed E-state index contributed by atoms with van der Waals surface area (Å²) >= 11 is 0. The van der Waals surface area contributed by atoms with Crippen LogP contribution in [0.25, 0.3) is 10.4 Å². The fraction of sp³-hybridized carbons (Fsp3) is 0.900. The van der Waals surface area contributed by atoms with E-state index in [1.165, 1.54) is 0 Å². The molecule has 2 fully saturated rings. The molecule has 0 aromatic carbocycles. The quantitative estimate of drug-likeness (QED) is 0.331. The van der Waals surface area contributed by atoms with Crippen LogP contribution in [0.2, 0.25) is 0 Å². The second-order valence-electron chi connectivity index (χ2n) is 9.85. The molecule has 2 saturated heterocycles. The molecule has 4 N–H and O–H groups in total. The minimum absolute atomic E-state index is 0.00122. The monoisotopic (exact) mass is 458 g/mol. The molecule has 0 spiro atoms. The number of carbonyl (C=O) groups is 2. The molecule has 2 rings (SSSR count). The molecule has 0 saturated carbocycles. The van der Waals surface area contributed by atoms with Gasteiger partial charge in [0.25, 0.3) is 0 Å². The number of nitrogens with two attached hydrogens (primary N) is 1. The van der Waals surface area contributed by atoms with Gasteiger partial charge in [-0.25, -0.2) is 9.59 Å². The van der Waals surface area contributed by atoms with E-state index in [2.05, 4.69) is 20.7 Å². The summed E-state index contributed by atoms with van der Waals surface area (Å²) in [5.41, 5.74) is 13.0. The molecule has 2 heterocycles. The molecule has 0 aliphatic carbocycles. The average Bonchev–Trinajstić information content (AvgIpc) is 2.59. The Balaban J connectivity index is 0.000000323. The number of rotatable bonds is 3. The summed E-state index contributed by atoms with van der Waals surface area (Å²) in [6, 6.07) is -0.440. The van der Waals surface area contributed by atoms with E-state index < -0.39 is 23.4 Å². The van der Waals surface area contributed by atoms with E-state index in [0.717, 1.165) is 6.42 Å². The summed E-state index contributed by atoms with van der Waals surface area (Å²) in [6.07, 6.45) is 0.417. The van der Waals surface area contributed by atoms with E-state index >= 15 is 0 Å². The van der Waals surface area contributed by atoms with Crippen LogP contribution in [0.4, 0.5) is 9.59 Å². The predicted octanol–water partition coefficient (Wildman–Crippen LogP) is 2.61. The molecular weight excluding hydrogens is 420 g/mol. The summed E-state index contributed by atoms with van der Waals surface area (Å²) in [5, 5.41) is 9.01. The van der Waals surface area contributed by atoms with Gasteiger partial charge < -0.3 is 35.3 Å². The molecule has 32 heavy (non-hydrogen) atoms. The molecule has 2 amide bonds. The summed E-state index contributed by atoms with van der Waals surface area (Å²) in [6.45, 7) is 12.8. The summed E-state index contributed by atoms with van der Waals surface area (Å²) < 4.78 is 20.7. The van der Waals surface area contributed by atoms with Crippen LogP contribution in [-0.4, -0.2) is 74.0 Å². The first kappa shape index (κ1) is 27.8. The molecule has 2 aliphatic rings. The minimum atomic E-state index is -0.524. The molecule has 12 nitrogen and oxygen atoms in total. The maximum atomic E-state index is 11.5. The highest BCUT2D eigenvalue weighted by Gasteiger charge is 2.26. The molecule has 12 heteroatoms. The van der Waals surface area contributed by atoms with Crippen LogP contribution in [0.1, 0.15) is 54.4 Å². The van der Waals surface area contributed by atoms with Gasteiger partial charge in [-0.15, -0.1) is 0 Å². The van der Waals surface area contributed by atoms with Gasteiger partial charge >= 0.3 is 12.2 Å². The van der Waals surface area contributed by atoms with Crippen molar-refractivity contribution in [2.24, 2.45) is 10.8 Å². The number of hydrogen-bond donors (Lipinski definition) is 3. The van der Waals surface area contributed by atoms with E-state index in [0.29, 0.717) is 32.8 Å². The molecule has 0 aromatic rings. The van der Waals surface area contributed by atoms with Crippen molar-refractivity contribution in [1.29, 1.82) is 0 Å². The number of ether oxygens (including phenoxy) is 4. The number of amides is 2. The maximum Gasteiger partial charge on any atom is 0.407 e. The van der Waals surface area contributed by atoms with Gasteiger partial charge in [-0.05, 0) is 59.9 Å². The minimum Gasteiger partial charge on any atom is -0.444 e. The van der Waals surface area contributed by atoms with Crippen molar-refractivity contribution >= 4 is 12.2 Å². The van der Waals surface area contributed by atoms with E-state index in [1.807, 2.05) is 20.8 Å². The highest BCUT2D eigenvalue weighted by molar-refractivity contribution is 5.68. The lowest BCUT2D eigenvalue weighted by Gasteiger charge is -2.28. The van der Waals surface area contributed by atoms with Crippen molar-refractivity contribution in [2.75, 3.05) is 26.4 Å². The SMILES string of the molecule is CC(C)(C)OC(=O)NC1COCC(N)C1.CC(C)(C)OC(=O)NC1COCC(N=[N+]=[N-])C1. The molecule has 4 atom stereocenters. The van der Waals surface area contributed by atoms with E-state index in [-0.39, 0.29) is 24.2 Å². The Morgan fingerprint density at radius 2 is 1.38 bits per heavy atom. The van der Waals surface area contributed by atoms with E-state index in [9.17, 15) is 9.59 Å². The summed E-state index contributed by atoms with van der Waals surface area (Å²) in [7, 11) is 0. The van der Waals surface area contributed by atoms with Gasteiger partial charge in [-0.1, -0.05) is 5.11 Å². The van der Waals surface area contributed by atoms with Crippen molar-refractivity contribution in [3.63, 3.8) is 0 Å². The molecule has 2 aliphatic heterocycles. The standard InChI is InChI=1S/C10H18N4O3.C10H20N2O3/c1-10(2,3)17-9(15)12-7-4-8(13-14-11)6-16-5-7;1-10(2,3)15-9(13)12-8-4-7(11)5-14-6-8/h7-8H,4-6H2,1-3H3,(H,12,15);7-8H,4-6,11H2,1-3H3,(H,12,13). The predicted molar refractivity (Wildman–Crippen MR) is 118 cm³/mol. The number of nitrogens with one attached hydrogen (secondary N) is 2. The van der Waals surface area contributed by atoms with Crippen LogP contribution in [0.5, 0.6) is 0 Å². The lowest BCUT2D eigenvalue weighted by atomic mass is 10.1. The summed E-state index contributed by atoms with van der Waals surface area (Å²) in [5.74, 6) is 0. The van der Waals surface area contributed by atoms with Gasteiger partial charge in [0.1, 0.15) is 11.2 Å².